The van der Waals surface area contributed by atoms with Gasteiger partial charge in [0.05, 0.1) is 5.41 Å². The van der Waals surface area contributed by atoms with Crippen molar-refractivity contribution in [3.8, 4) is 0 Å². The van der Waals surface area contributed by atoms with Crippen LogP contribution in [-0.4, -0.2) is 22.9 Å². The smallest absolute Gasteiger partial charge is 0.215 e. The Hall–Kier alpha value is -1.20. The van der Waals surface area contributed by atoms with Gasteiger partial charge in [-0.3, -0.25) is 20.2 Å². The lowest BCUT2D eigenvalue weighted by atomic mass is 9.88. The van der Waals surface area contributed by atoms with Crippen molar-refractivity contribution in [2.24, 2.45) is 5.41 Å². The number of hydrogen-bond acceptors (Lipinski definition) is 4. The van der Waals surface area contributed by atoms with Crippen molar-refractivity contribution in [2.75, 3.05) is 13.1 Å². The summed E-state index contributed by atoms with van der Waals surface area (Å²) in [4.78, 5) is 19.3. The molecule has 0 amide bonds. The highest BCUT2D eigenvalue weighted by molar-refractivity contribution is 4.70. The zero-order valence-corrected chi connectivity index (χ0v) is 7.15. The summed E-state index contributed by atoms with van der Waals surface area (Å²) in [6.07, 6.45) is 0.439. The number of nitrogens with zero attached hydrogens (tertiary/aromatic N) is 2. The summed E-state index contributed by atoms with van der Waals surface area (Å²) in [5.74, 6) is 0. The molecule has 0 saturated heterocycles. The highest BCUT2D eigenvalue weighted by Crippen LogP contribution is 2.20. The fourth-order valence-corrected chi connectivity index (χ4v) is 0.897. The summed E-state index contributed by atoms with van der Waals surface area (Å²) in [5.41, 5.74) is -0.812. The van der Waals surface area contributed by atoms with Crippen LogP contribution in [0.1, 0.15) is 20.3 Å². The first-order valence-corrected chi connectivity index (χ1v) is 3.63. The van der Waals surface area contributed by atoms with Gasteiger partial charge in [0.15, 0.2) is 0 Å². The van der Waals surface area contributed by atoms with Crippen molar-refractivity contribution in [1.82, 2.24) is 0 Å². The van der Waals surface area contributed by atoms with E-state index in [2.05, 4.69) is 0 Å². The summed E-state index contributed by atoms with van der Waals surface area (Å²) in [6, 6.07) is 0. The molecule has 0 N–H and O–H groups in total. The van der Waals surface area contributed by atoms with Gasteiger partial charge in [-0.25, -0.2) is 0 Å². The van der Waals surface area contributed by atoms with E-state index in [9.17, 15) is 20.2 Å². The van der Waals surface area contributed by atoms with Crippen molar-refractivity contribution < 1.29 is 9.85 Å². The van der Waals surface area contributed by atoms with E-state index in [-0.39, 0.29) is 13.1 Å². The van der Waals surface area contributed by atoms with Crippen LogP contribution in [0.5, 0.6) is 0 Å². The average Bonchev–Trinajstić information content (AvgIpc) is 1.83. The second-order valence-electron chi connectivity index (χ2n) is 3.15. The summed E-state index contributed by atoms with van der Waals surface area (Å²) in [5, 5.41) is 20.3. The Morgan fingerprint density at radius 3 is 1.67 bits per heavy atom. The quantitative estimate of drug-likeness (QED) is 0.461. The minimum absolute atomic E-state index is 0.343. The maximum absolute atomic E-state index is 10.1. The van der Waals surface area contributed by atoms with E-state index in [0.717, 1.165) is 0 Å². The molecule has 0 fully saturated rings. The second kappa shape index (κ2) is 3.99. The zero-order valence-electron chi connectivity index (χ0n) is 7.15. The largest absolute Gasteiger partial charge is 0.265 e. The van der Waals surface area contributed by atoms with Gasteiger partial charge in [-0.2, -0.15) is 0 Å². The fourth-order valence-electron chi connectivity index (χ4n) is 0.897. The lowest BCUT2D eigenvalue weighted by Crippen LogP contribution is -2.33. The zero-order chi connectivity index (χ0) is 9.78. The average molecular weight is 176 g/mol. The van der Waals surface area contributed by atoms with E-state index in [1.165, 1.54) is 0 Å². The van der Waals surface area contributed by atoms with Crippen LogP contribution < -0.4 is 0 Å². The minimum atomic E-state index is -0.812. The van der Waals surface area contributed by atoms with E-state index in [4.69, 9.17) is 0 Å². The van der Waals surface area contributed by atoms with E-state index in [0.29, 0.717) is 6.42 Å². The lowest BCUT2D eigenvalue weighted by molar-refractivity contribution is -0.538. The number of nitro groups is 2. The third-order valence-electron chi connectivity index (χ3n) is 1.88. The van der Waals surface area contributed by atoms with Crippen molar-refractivity contribution in [3.05, 3.63) is 20.2 Å². The van der Waals surface area contributed by atoms with Gasteiger partial charge < -0.3 is 0 Å². The molecular weight excluding hydrogens is 164 g/mol. The van der Waals surface area contributed by atoms with E-state index in [1.807, 2.05) is 0 Å². The second-order valence-corrected chi connectivity index (χ2v) is 3.15. The summed E-state index contributed by atoms with van der Waals surface area (Å²) < 4.78 is 0. The van der Waals surface area contributed by atoms with Gasteiger partial charge in [0.1, 0.15) is 0 Å². The van der Waals surface area contributed by atoms with Gasteiger partial charge in [-0.15, -0.1) is 0 Å². The summed E-state index contributed by atoms with van der Waals surface area (Å²) in [7, 11) is 0. The van der Waals surface area contributed by atoms with Crippen LogP contribution in [0.25, 0.3) is 0 Å². The first-order valence-electron chi connectivity index (χ1n) is 3.63. The molecule has 6 heteroatoms. The van der Waals surface area contributed by atoms with Crippen LogP contribution >= 0.6 is 0 Å². The first-order chi connectivity index (χ1) is 5.39. The molecule has 0 aliphatic heterocycles. The van der Waals surface area contributed by atoms with Crippen LogP contribution in [0.15, 0.2) is 0 Å². The predicted molar refractivity (Wildman–Crippen MR) is 42.1 cm³/mol. The SMILES string of the molecule is CCC(C)(C[N+](=O)[O-])C[N+](=O)[O-]. The molecule has 0 bridgehead atoms. The molecular formula is C6H12N2O4. The molecule has 0 aromatic heterocycles. The molecule has 0 aromatic rings. The van der Waals surface area contributed by atoms with E-state index >= 15 is 0 Å². The summed E-state index contributed by atoms with van der Waals surface area (Å²) in [6.45, 7) is 2.58. The van der Waals surface area contributed by atoms with Crippen molar-refractivity contribution in [1.29, 1.82) is 0 Å². The molecule has 0 spiro atoms. The Morgan fingerprint density at radius 2 is 1.50 bits per heavy atom. The number of rotatable bonds is 5. The molecule has 0 aliphatic carbocycles. The molecule has 0 unspecified atom stereocenters. The minimum Gasteiger partial charge on any atom is -0.265 e. The van der Waals surface area contributed by atoms with Gasteiger partial charge in [0.2, 0.25) is 13.1 Å². The Bertz CT molecular complexity index is 176. The van der Waals surface area contributed by atoms with Crippen LogP contribution in [-0.2, 0) is 0 Å². The van der Waals surface area contributed by atoms with Crippen molar-refractivity contribution in [3.63, 3.8) is 0 Å². The van der Waals surface area contributed by atoms with Gasteiger partial charge in [-0.1, -0.05) is 6.92 Å². The Morgan fingerprint density at radius 1 is 1.17 bits per heavy atom. The standard InChI is InChI=1S/C6H12N2O4/c1-3-6(2,4-7(9)10)5-8(11)12/h3-5H2,1-2H3. The Kier molecular flexibility index (Phi) is 3.59. The highest BCUT2D eigenvalue weighted by atomic mass is 16.6. The third-order valence-corrected chi connectivity index (χ3v) is 1.88. The van der Waals surface area contributed by atoms with Gasteiger partial charge in [-0.05, 0) is 13.3 Å². The highest BCUT2D eigenvalue weighted by Gasteiger charge is 2.34. The summed E-state index contributed by atoms with van der Waals surface area (Å²) >= 11 is 0. The van der Waals surface area contributed by atoms with Crippen LogP contribution in [0.2, 0.25) is 0 Å². The Balaban J connectivity index is 4.23. The normalized spacial score (nSPS) is 11.2. The van der Waals surface area contributed by atoms with E-state index < -0.39 is 15.3 Å². The molecule has 0 saturated carbocycles. The lowest BCUT2D eigenvalue weighted by Gasteiger charge is -2.17. The molecule has 12 heavy (non-hydrogen) atoms. The molecule has 0 heterocycles. The molecule has 70 valence electrons. The fraction of sp³-hybridized carbons (Fsp3) is 1.00. The Labute approximate surface area is 69.9 Å². The van der Waals surface area contributed by atoms with E-state index in [1.54, 1.807) is 13.8 Å². The van der Waals surface area contributed by atoms with Crippen LogP contribution in [0.4, 0.5) is 0 Å². The molecule has 0 aromatic carbocycles. The van der Waals surface area contributed by atoms with Crippen LogP contribution in [0, 0.1) is 25.6 Å². The van der Waals surface area contributed by atoms with Crippen LogP contribution in [0.3, 0.4) is 0 Å². The first kappa shape index (κ1) is 10.8. The molecule has 0 radical (unpaired) electrons. The third kappa shape index (κ3) is 3.85. The topological polar surface area (TPSA) is 86.3 Å². The molecule has 0 aliphatic rings. The predicted octanol–water partition coefficient (Wildman–Crippen LogP) is 0.956. The number of hydrogen-bond donors (Lipinski definition) is 0. The van der Waals surface area contributed by atoms with Gasteiger partial charge >= 0.3 is 0 Å². The maximum Gasteiger partial charge on any atom is 0.215 e. The van der Waals surface area contributed by atoms with Crippen molar-refractivity contribution in [2.45, 2.75) is 20.3 Å². The monoisotopic (exact) mass is 176 g/mol. The molecule has 0 rings (SSSR count). The van der Waals surface area contributed by atoms with Crippen molar-refractivity contribution >= 4 is 0 Å². The maximum atomic E-state index is 10.1. The molecule has 6 nitrogen and oxygen atoms in total. The van der Waals surface area contributed by atoms with Gasteiger partial charge in [0.25, 0.3) is 0 Å². The molecule has 0 atom stereocenters. The van der Waals surface area contributed by atoms with Gasteiger partial charge in [0, 0.05) is 9.85 Å².